The molecule has 0 fully saturated rings. The molecular weight excluding hydrogens is 412 g/mol. The van der Waals surface area contributed by atoms with Gasteiger partial charge in [-0.2, -0.15) is 5.26 Å². The third kappa shape index (κ3) is 2.61. The predicted octanol–water partition coefficient (Wildman–Crippen LogP) is 3.43. The van der Waals surface area contributed by atoms with Crippen molar-refractivity contribution in [1.82, 2.24) is 0 Å². The van der Waals surface area contributed by atoms with E-state index in [0.29, 0.717) is 41.8 Å². The van der Waals surface area contributed by atoms with Crippen molar-refractivity contribution in [2.24, 2.45) is 5.73 Å². The van der Waals surface area contributed by atoms with Crippen molar-refractivity contribution in [2.45, 2.75) is 31.6 Å². The first-order chi connectivity index (χ1) is 16.0. The van der Waals surface area contributed by atoms with E-state index < -0.39 is 11.3 Å². The second kappa shape index (κ2) is 7.39. The summed E-state index contributed by atoms with van der Waals surface area (Å²) in [6, 6.07) is 17.1. The van der Waals surface area contributed by atoms with Crippen LogP contribution in [0.1, 0.15) is 30.4 Å². The van der Waals surface area contributed by atoms with E-state index in [4.69, 9.17) is 12.2 Å². The summed E-state index contributed by atoms with van der Waals surface area (Å²) in [6.45, 7) is 2.02. The molecule has 162 valence electrons. The third-order valence-electron chi connectivity index (χ3n) is 6.72. The highest BCUT2D eigenvalue weighted by Crippen LogP contribution is 2.56. The largest absolute Gasteiger partial charge is 0.384 e. The number of carbonyl (C=O) groups is 2. The molecule has 1 atom stereocenters. The number of allylic oxidation sites excluding steroid dienone is 1. The lowest BCUT2D eigenvalue weighted by Gasteiger charge is -2.43. The Morgan fingerprint density at radius 3 is 2.55 bits per heavy atom. The summed E-state index contributed by atoms with van der Waals surface area (Å²) in [5.74, 6) is 2.17. The highest BCUT2D eigenvalue weighted by molar-refractivity contribution is 6.20. The van der Waals surface area contributed by atoms with E-state index >= 15 is 0 Å². The summed E-state index contributed by atoms with van der Waals surface area (Å²) < 4.78 is 0. The molecule has 0 saturated heterocycles. The number of benzene rings is 2. The number of aryl methyl sites for hydroxylation is 1. The summed E-state index contributed by atoms with van der Waals surface area (Å²) in [6.07, 6.45) is 7.11. The molecule has 6 nitrogen and oxygen atoms in total. The molecule has 0 saturated carbocycles. The molecule has 33 heavy (non-hydrogen) atoms. The van der Waals surface area contributed by atoms with Crippen LogP contribution in [0.15, 0.2) is 71.2 Å². The summed E-state index contributed by atoms with van der Waals surface area (Å²) in [7, 11) is 0. The number of para-hydroxylation sites is 1. The molecule has 1 spiro atoms. The van der Waals surface area contributed by atoms with Gasteiger partial charge in [0.2, 0.25) is 5.91 Å². The van der Waals surface area contributed by atoms with Crippen LogP contribution < -0.4 is 15.5 Å². The molecule has 1 amide bonds. The number of nitriles is 1. The van der Waals surface area contributed by atoms with Gasteiger partial charge in [0.25, 0.3) is 0 Å². The molecule has 2 aromatic carbocycles. The molecule has 2 aromatic rings. The van der Waals surface area contributed by atoms with Crippen molar-refractivity contribution in [1.29, 1.82) is 5.26 Å². The maximum Gasteiger partial charge on any atom is 0.248 e. The Balaban J connectivity index is 1.88. The molecule has 0 unspecified atom stereocenters. The number of anilines is 2. The Morgan fingerprint density at radius 2 is 1.85 bits per heavy atom. The number of hydrogen-bond acceptors (Lipinski definition) is 5. The van der Waals surface area contributed by atoms with E-state index in [-0.39, 0.29) is 23.7 Å². The molecule has 5 rings (SSSR count). The Hall–Kier alpha value is -4.29. The fourth-order valence-electron chi connectivity index (χ4n) is 5.37. The maximum absolute atomic E-state index is 14.1. The molecule has 6 heteroatoms. The molecular formula is C27H22N4O2. The summed E-state index contributed by atoms with van der Waals surface area (Å²) in [5, 5.41) is 10.4. The van der Waals surface area contributed by atoms with Gasteiger partial charge in [-0.1, -0.05) is 41.8 Å². The lowest BCUT2D eigenvalue weighted by molar-refractivity contribution is -0.124. The highest BCUT2D eigenvalue weighted by Gasteiger charge is 2.62. The van der Waals surface area contributed by atoms with Crippen molar-refractivity contribution in [3.05, 3.63) is 82.3 Å². The number of Topliss-reactive ketones (excluding diaryl/α,β-unsaturated/α-hetero) is 1. The second-order valence-electron chi connectivity index (χ2n) is 8.50. The van der Waals surface area contributed by atoms with Crippen molar-refractivity contribution in [3.8, 4) is 18.4 Å². The number of nitrogens with two attached hydrogens (primary N) is 1. The van der Waals surface area contributed by atoms with Gasteiger partial charge in [0, 0.05) is 34.6 Å². The Morgan fingerprint density at radius 1 is 1.12 bits per heavy atom. The van der Waals surface area contributed by atoms with Gasteiger partial charge in [-0.25, -0.2) is 0 Å². The predicted molar refractivity (Wildman–Crippen MR) is 126 cm³/mol. The van der Waals surface area contributed by atoms with Crippen LogP contribution >= 0.6 is 0 Å². The fourth-order valence-corrected chi connectivity index (χ4v) is 5.37. The lowest BCUT2D eigenvalue weighted by Crippen LogP contribution is -2.52. The summed E-state index contributed by atoms with van der Waals surface area (Å²) in [4.78, 5) is 30.9. The van der Waals surface area contributed by atoms with E-state index in [2.05, 4.69) is 12.0 Å². The third-order valence-corrected chi connectivity index (χ3v) is 6.72. The number of carbonyl (C=O) groups excluding carboxylic acids is 2. The standard InChI is InChI=1S/C27H22N4O2/c1-3-15-30-21-8-5-4-7-19(21)27(26(30)33)20(16-28)25(29)31(18-13-11-17(2)12-14-18)22-9-6-10-23(32)24(22)27/h1,4-5,7-8,11-14H,6,9-10,15,29H2,2H3/t27-/m1/s1. The molecule has 2 N–H and O–H groups in total. The molecule has 0 aromatic heterocycles. The Labute approximate surface area is 192 Å². The first-order valence-corrected chi connectivity index (χ1v) is 10.9. The van der Waals surface area contributed by atoms with E-state index in [9.17, 15) is 14.9 Å². The minimum Gasteiger partial charge on any atom is -0.384 e. The van der Waals surface area contributed by atoms with Crippen molar-refractivity contribution < 1.29 is 9.59 Å². The van der Waals surface area contributed by atoms with Gasteiger partial charge in [0.15, 0.2) is 5.78 Å². The molecule has 1 aliphatic carbocycles. The van der Waals surface area contributed by atoms with E-state index in [1.54, 1.807) is 23.1 Å². The number of ketones is 1. The van der Waals surface area contributed by atoms with Gasteiger partial charge in [-0.3, -0.25) is 19.4 Å². The minimum atomic E-state index is -1.58. The van der Waals surface area contributed by atoms with Crippen LogP contribution in [0.5, 0.6) is 0 Å². The zero-order chi connectivity index (χ0) is 23.3. The van der Waals surface area contributed by atoms with E-state index in [0.717, 1.165) is 11.3 Å². The molecule has 2 heterocycles. The average molecular weight is 434 g/mol. The fraction of sp³-hybridized carbons (Fsp3) is 0.222. The van der Waals surface area contributed by atoms with Crippen LogP contribution in [-0.4, -0.2) is 18.2 Å². The van der Waals surface area contributed by atoms with Crippen LogP contribution in [0.25, 0.3) is 0 Å². The van der Waals surface area contributed by atoms with Gasteiger partial charge in [-0.15, -0.1) is 6.42 Å². The monoisotopic (exact) mass is 434 g/mol. The molecule has 2 aliphatic heterocycles. The maximum atomic E-state index is 14.1. The average Bonchev–Trinajstić information content (AvgIpc) is 3.05. The van der Waals surface area contributed by atoms with Gasteiger partial charge < -0.3 is 5.73 Å². The molecule has 0 bridgehead atoms. The van der Waals surface area contributed by atoms with E-state index in [1.807, 2.05) is 37.3 Å². The number of amides is 1. The topological polar surface area (TPSA) is 90.4 Å². The Bertz CT molecular complexity index is 1350. The van der Waals surface area contributed by atoms with Crippen molar-refractivity contribution >= 4 is 23.1 Å². The smallest absolute Gasteiger partial charge is 0.248 e. The number of terminal acetylenes is 1. The van der Waals surface area contributed by atoms with E-state index in [1.165, 1.54) is 4.90 Å². The number of hydrogen-bond donors (Lipinski definition) is 1. The zero-order valence-electron chi connectivity index (χ0n) is 18.3. The SMILES string of the molecule is C#CCN1C(=O)[C@@]2(C(C#N)=C(N)N(c3ccc(C)cc3)C3=C2C(=O)CCC3)c2ccccc21. The zero-order valence-corrected chi connectivity index (χ0v) is 18.3. The second-order valence-corrected chi connectivity index (χ2v) is 8.50. The number of nitrogens with zero attached hydrogens (tertiary/aromatic N) is 3. The molecule has 0 radical (unpaired) electrons. The van der Waals surface area contributed by atoms with Crippen LogP contribution in [0.2, 0.25) is 0 Å². The van der Waals surface area contributed by atoms with Crippen LogP contribution in [0.3, 0.4) is 0 Å². The van der Waals surface area contributed by atoms with Gasteiger partial charge in [-0.05, 0) is 38.0 Å². The Kier molecular flexibility index (Phi) is 4.62. The normalized spacial score (nSPS) is 21.8. The van der Waals surface area contributed by atoms with Gasteiger partial charge in [0.05, 0.1) is 12.1 Å². The quantitative estimate of drug-likeness (QED) is 0.732. The van der Waals surface area contributed by atoms with Gasteiger partial charge >= 0.3 is 0 Å². The first kappa shape index (κ1) is 20.6. The summed E-state index contributed by atoms with van der Waals surface area (Å²) in [5.41, 5.74) is 9.20. The van der Waals surface area contributed by atoms with Crippen LogP contribution in [0, 0.1) is 30.6 Å². The number of rotatable bonds is 2. The van der Waals surface area contributed by atoms with Gasteiger partial charge in [0.1, 0.15) is 17.3 Å². The lowest BCUT2D eigenvalue weighted by atomic mass is 9.64. The van der Waals surface area contributed by atoms with Crippen LogP contribution in [0.4, 0.5) is 11.4 Å². The number of fused-ring (bicyclic) bond motifs is 3. The first-order valence-electron chi connectivity index (χ1n) is 10.9. The van der Waals surface area contributed by atoms with Crippen molar-refractivity contribution in [3.63, 3.8) is 0 Å². The van der Waals surface area contributed by atoms with Crippen LogP contribution in [-0.2, 0) is 15.0 Å². The summed E-state index contributed by atoms with van der Waals surface area (Å²) >= 11 is 0. The molecule has 3 aliphatic rings. The highest BCUT2D eigenvalue weighted by atomic mass is 16.2. The van der Waals surface area contributed by atoms with Crippen molar-refractivity contribution in [2.75, 3.05) is 16.3 Å². The minimum absolute atomic E-state index is 0.0364.